The van der Waals surface area contributed by atoms with E-state index in [0.29, 0.717) is 19.4 Å². The van der Waals surface area contributed by atoms with Crippen molar-refractivity contribution in [2.24, 2.45) is 0 Å². The van der Waals surface area contributed by atoms with Crippen LogP contribution >= 0.6 is 0 Å². The molecule has 0 radical (unpaired) electrons. The van der Waals surface area contributed by atoms with Gasteiger partial charge in [0.1, 0.15) is 6.04 Å². The average molecular weight is 228 g/mol. The van der Waals surface area contributed by atoms with Gasteiger partial charge in [0.15, 0.2) is 0 Å². The third-order valence-corrected chi connectivity index (χ3v) is 2.92. The summed E-state index contributed by atoms with van der Waals surface area (Å²) in [6.45, 7) is 0.673. The van der Waals surface area contributed by atoms with Crippen LogP contribution in [-0.2, 0) is 9.59 Å². The smallest absolute Gasteiger partial charge is 0.242 e. The highest BCUT2D eigenvalue weighted by molar-refractivity contribution is 5.87. The summed E-state index contributed by atoms with van der Waals surface area (Å²) in [5.41, 5.74) is 0. The van der Waals surface area contributed by atoms with Gasteiger partial charge < -0.3 is 15.3 Å². The van der Waals surface area contributed by atoms with E-state index in [4.69, 9.17) is 5.11 Å². The van der Waals surface area contributed by atoms with E-state index in [2.05, 4.69) is 5.32 Å². The number of nitrogens with zero attached hydrogens (tertiary/aromatic N) is 1. The van der Waals surface area contributed by atoms with Gasteiger partial charge in [-0.1, -0.05) is 0 Å². The van der Waals surface area contributed by atoms with E-state index in [9.17, 15) is 9.59 Å². The van der Waals surface area contributed by atoms with Gasteiger partial charge in [-0.3, -0.25) is 9.59 Å². The summed E-state index contributed by atoms with van der Waals surface area (Å²) in [5, 5.41) is 11.3. The second kappa shape index (κ2) is 6.48. The Hall–Kier alpha value is -1.10. The Morgan fingerprint density at radius 2 is 2.19 bits per heavy atom. The molecule has 0 spiro atoms. The van der Waals surface area contributed by atoms with Gasteiger partial charge in [0.2, 0.25) is 11.8 Å². The Labute approximate surface area is 95.8 Å². The summed E-state index contributed by atoms with van der Waals surface area (Å²) in [4.78, 5) is 25.1. The predicted molar refractivity (Wildman–Crippen MR) is 59.7 cm³/mol. The van der Waals surface area contributed by atoms with Crippen LogP contribution in [-0.4, -0.2) is 48.1 Å². The van der Waals surface area contributed by atoms with E-state index in [0.717, 1.165) is 19.3 Å². The van der Waals surface area contributed by atoms with E-state index in [1.165, 1.54) is 0 Å². The Balaban J connectivity index is 2.59. The maximum atomic E-state index is 11.8. The van der Waals surface area contributed by atoms with Gasteiger partial charge in [0, 0.05) is 26.6 Å². The van der Waals surface area contributed by atoms with Gasteiger partial charge in [-0.15, -0.1) is 0 Å². The molecule has 1 heterocycles. The SMILES string of the molecule is CNC(=O)C1CCCCN1C(=O)CCCO. The van der Waals surface area contributed by atoms with Gasteiger partial charge in [0.05, 0.1) is 0 Å². The molecule has 0 aromatic rings. The molecule has 1 fully saturated rings. The third kappa shape index (κ3) is 3.20. The number of likely N-dealkylation sites (tertiary alicyclic amines) is 1. The van der Waals surface area contributed by atoms with Crippen LogP contribution in [0.3, 0.4) is 0 Å². The Kier molecular flexibility index (Phi) is 5.25. The molecule has 0 aromatic carbocycles. The molecular weight excluding hydrogens is 208 g/mol. The fraction of sp³-hybridized carbons (Fsp3) is 0.818. The second-order valence-corrected chi connectivity index (χ2v) is 4.04. The van der Waals surface area contributed by atoms with Gasteiger partial charge in [-0.05, 0) is 25.7 Å². The molecule has 1 saturated heterocycles. The number of aliphatic hydroxyl groups is 1. The molecule has 1 rings (SSSR count). The number of amides is 2. The second-order valence-electron chi connectivity index (χ2n) is 4.04. The molecule has 5 heteroatoms. The van der Waals surface area contributed by atoms with Gasteiger partial charge in [0.25, 0.3) is 0 Å². The largest absolute Gasteiger partial charge is 0.396 e. The Morgan fingerprint density at radius 3 is 2.81 bits per heavy atom. The molecule has 0 aromatic heterocycles. The van der Waals surface area contributed by atoms with Gasteiger partial charge >= 0.3 is 0 Å². The van der Waals surface area contributed by atoms with Crippen LogP contribution in [0.4, 0.5) is 0 Å². The van der Waals surface area contributed by atoms with Crippen molar-refractivity contribution in [2.75, 3.05) is 20.2 Å². The number of hydrogen-bond donors (Lipinski definition) is 2. The maximum absolute atomic E-state index is 11.8. The zero-order chi connectivity index (χ0) is 12.0. The molecule has 0 aliphatic carbocycles. The van der Waals surface area contributed by atoms with Crippen LogP contribution in [0.15, 0.2) is 0 Å². The lowest BCUT2D eigenvalue weighted by Gasteiger charge is -2.34. The van der Waals surface area contributed by atoms with Crippen LogP contribution < -0.4 is 5.32 Å². The van der Waals surface area contributed by atoms with E-state index in [1.54, 1.807) is 11.9 Å². The quantitative estimate of drug-likeness (QED) is 0.705. The first-order valence-corrected chi connectivity index (χ1v) is 5.82. The molecule has 0 bridgehead atoms. The number of carbonyl (C=O) groups excluding carboxylic acids is 2. The normalized spacial score (nSPS) is 20.6. The first-order valence-electron chi connectivity index (χ1n) is 5.82. The molecule has 0 saturated carbocycles. The summed E-state index contributed by atoms with van der Waals surface area (Å²) in [6.07, 6.45) is 3.48. The highest BCUT2D eigenvalue weighted by Gasteiger charge is 2.30. The van der Waals surface area contributed by atoms with Crippen molar-refractivity contribution in [1.82, 2.24) is 10.2 Å². The van der Waals surface area contributed by atoms with E-state index in [1.807, 2.05) is 0 Å². The molecule has 5 nitrogen and oxygen atoms in total. The molecule has 1 unspecified atom stereocenters. The van der Waals surface area contributed by atoms with Gasteiger partial charge in [-0.25, -0.2) is 0 Å². The molecular formula is C11H20N2O3. The van der Waals surface area contributed by atoms with Crippen molar-refractivity contribution in [3.05, 3.63) is 0 Å². The first kappa shape index (κ1) is 13.0. The molecule has 16 heavy (non-hydrogen) atoms. The number of likely N-dealkylation sites (N-methyl/N-ethyl adjacent to an activating group) is 1. The van der Waals surface area contributed by atoms with E-state index in [-0.39, 0.29) is 24.5 Å². The van der Waals surface area contributed by atoms with Crippen LogP contribution in [0.1, 0.15) is 32.1 Å². The lowest BCUT2D eigenvalue weighted by molar-refractivity contribution is -0.142. The fourth-order valence-corrected chi connectivity index (χ4v) is 2.04. The van der Waals surface area contributed by atoms with Crippen LogP contribution in [0, 0.1) is 0 Å². The standard InChI is InChI=1S/C11H20N2O3/c1-12-11(16)9-5-2-3-7-13(9)10(15)6-4-8-14/h9,14H,2-8H2,1H3,(H,12,16). The summed E-state index contributed by atoms with van der Waals surface area (Å²) >= 11 is 0. The van der Waals surface area contributed by atoms with Crippen molar-refractivity contribution < 1.29 is 14.7 Å². The number of piperidine rings is 1. The molecule has 1 atom stereocenters. The summed E-state index contributed by atoms with van der Waals surface area (Å²) in [5.74, 6) is -0.112. The highest BCUT2D eigenvalue weighted by Crippen LogP contribution is 2.18. The minimum atomic E-state index is -0.315. The minimum absolute atomic E-state index is 0.0181. The number of rotatable bonds is 4. The number of hydrogen-bond acceptors (Lipinski definition) is 3. The highest BCUT2D eigenvalue weighted by atomic mass is 16.3. The third-order valence-electron chi connectivity index (χ3n) is 2.92. The molecule has 1 aliphatic heterocycles. The maximum Gasteiger partial charge on any atom is 0.242 e. The van der Waals surface area contributed by atoms with E-state index < -0.39 is 0 Å². The van der Waals surface area contributed by atoms with Crippen LogP contribution in [0.25, 0.3) is 0 Å². The van der Waals surface area contributed by atoms with Crippen molar-refractivity contribution in [1.29, 1.82) is 0 Å². The molecule has 2 N–H and O–H groups in total. The Morgan fingerprint density at radius 1 is 1.44 bits per heavy atom. The lowest BCUT2D eigenvalue weighted by Crippen LogP contribution is -2.51. The monoisotopic (exact) mass is 228 g/mol. The minimum Gasteiger partial charge on any atom is -0.396 e. The molecule has 1 aliphatic rings. The fourth-order valence-electron chi connectivity index (χ4n) is 2.04. The zero-order valence-electron chi connectivity index (χ0n) is 9.74. The van der Waals surface area contributed by atoms with Crippen LogP contribution in [0.2, 0.25) is 0 Å². The summed E-state index contributed by atoms with van der Waals surface area (Å²) in [7, 11) is 1.59. The van der Waals surface area contributed by atoms with Crippen molar-refractivity contribution in [2.45, 2.75) is 38.1 Å². The number of nitrogens with one attached hydrogen (secondary N) is 1. The van der Waals surface area contributed by atoms with Crippen molar-refractivity contribution >= 4 is 11.8 Å². The zero-order valence-corrected chi connectivity index (χ0v) is 9.74. The van der Waals surface area contributed by atoms with E-state index >= 15 is 0 Å². The lowest BCUT2D eigenvalue weighted by atomic mass is 10.0. The Bertz CT molecular complexity index is 256. The van der Waals surface area contributed by atoms with Gasteiger partial charge in [-0.2, -0.15) is 0 Å². The first-order chi connectivity index (χ1) is 7.70. The topological polar surface area (TPSA) is 69.6 Å². The predicted octanol–water partition coefficient (Wildman–Crippen LogP) is -0.114. The number of aliphatic hydroxyl groups excluding tert-OH is 1. The summed E-state index contributed by atoms with van der Waals surface area (Å²) < 4.78 is 0. The average Bonchev–Trinajstić information content (AvgIpc) is 2.35. The van der Waals surface area contributed by atoms with Crippen molar-refractivity contribution in [3.63, 3.8) is 0 Å². The number of carbonyl (C=O) groups is 2. The van der Waals surface area contributed by atoms with Crippen molar-refractivity contribution in [3.8, 4) is 0 Å². The molecule has 92 valence electrons. The van der Waals surface area contributed by atoms with Crippen LogP contribution in [0.5, 0.6) is 0 Å². The summed E-state index contributed by atoms with van der Waals surface area (Å²) in [6, 6.07) is -0.315. The molecule has 2 amide bonds.